The third-order valence-electron chi connectivity index (χ3n) is 3.75. The monoisotopic (exact) mass is 242 g/mol. The molecule has 3 N–H and O–H groups in total. The van der Waals surface area contributed by atoms with Gasteiger partial charge in [0.2, 0.25) is 5.91 Å². The minimum atomic E-state index is -0.267. The molecule has 5 heteroatoms. The Morgan fingerprint density at radius 2 is 1.94 bits per heavy atom. The van der Waals surface area contributed by atoms with E-state index in [1.807, 2.05) is 0 Å². The van der Waals surface area contributed by atoms with Crippen molar-refractivity contribution in [3.05, 3.63) is 0 Å². The highest BCUT2D eigenvalue weighted by Crippen LogP contribution is 2.08. The quantitative estimate of drug-likeness (QED) is 0.658. The van der Waals surface area contributed by atoms with Crippen LogP contribution in [-0.4, -0.2) is 67.6 Å². The van der Waals surface area contributed by atoms with Gasteiger partial charge in [0.1, 0.15) is 0 Å². The molecule has 2 unspecified atom stereocenters. The van der Waals surface area contributed by atoms with Crippen LogP contribution in [0.1, 0.15) is 20.3 Å². The molecule has 1 rings (SSSR count). The Kier molecular flexibility index (Phi) is 5.88. The molecule has 1 amide bonds. The molecule has 1 aliphatic heterocycles. The third kappa shape index (κ3) is 4.26. The number of carbonyl (C=O) groups is 1. The van der Waals surface area contributed by atoms with Crippen LogP contribution in [0.15, 0.2) is 0 Å². The predicted octanol–water partition coefficient (Wildman–Crippen LogP) is -0.524. The summed E-state index contributed by atoms with van der Waals surface area (Å²) >= 11 is 0. The highest BCUT2D eigenvalue weighted by molar-refractivity contribution is 5.80. The van der Waals surface area contributed by atoms with Gasteiger partial charge in [-0.2, -0.15) is 0 Å². The van der Waals surface area contributed by atoms with E-state index in [1.54, 1.807) is 7.05 Å². The van der Waals surface area contributed by atoms with Crippen LogP contribution >= 0.6 is 0 Å². The van der Waals surface area contributed by atoms with E-state index in [-0.39, 0.29) is 11.9 Å². The standard InChI is InChI=1S/C12H26N4O/c1-4-10(2)16-7-5-15(6-8-16)9-11(14-3)12(13)17/h10-11,14H,4-9H2,1-3H3,(H2,13,17). The highest BCUT2D eigenvalue weighted by Gasteiger charge is 2.23. The lowest BCUT2D eigenvalue weighted by molar-refractivity contribution is -0.120. The Balaban J connectivity index is 2.34. The van der Waals surface area contributed by atoms with Crippen molar-refractivity contribution in [2.45, 2.75) is 32.4 Å². The second-order valence-corrected chi connectivity index (χ2v) is 4.84. The number of nitrogens with one attached hydrogen (secondary N) is 1. The van der Waals surface area contributed by atoms with Crippen molar-refractivity contribution in [3.8, 4) is 0 Å². The van der Waals surface area contributed by atoms with Crippen molar-refractivity contribution in [2.75, 3.05) is 39.8 Å². The zero-order valence-electron chi connectivity index (χ0n) is 11.3. The molecular formula is C12H26N4O. The second-order valence-electron chi connectivity index (χ2n) is 4.84. The molecule has 1 heterocycles. The molecular weight excluding hydrogens is 216 g/mol. The number of hydrogen-bond acceptors (Lipinski definition) is 4. The number of hydrogen-bond donors (Lipinski definition) is 2. The molecule has 1 aliphatic rings. The van der Waals surface area contributed by atoms with E-state index >= 15 is 0 Å². The highest BCUT2D eigenvalue weighted by atomic mass is 16.1. The van der Waals surface area contributed by atoms with Crippen molar-refractivity contribution in [2.24, 2.45) is 5.73 Å². The molecule has 0 aromatic carbocycles. The van der Waals surface area contributed by atoms with E-state index in [1.165, 1.54) is 6.42 Å². The number of likely N-dealkylation sites (N-methyl/N-ethyl adjacent to an activating group) is 1. The zero-order valence-corrected chi connectivity index (χ0v) is 11.3. The van der Waals surface area contributed by atoms with Gasteiger partial charge in [-0.3, -0.25) is 14.6 Å². The fourth-order valence-electron chi connectivity index (χ4n) is 2.23. The topological polar surface area (TPSA) is 61.6 Å². The van der Waals surface area contributed by atoms with E-state index < -0.39 is 0 Å². The first-order valence-corrected chi connectivity index (χ1v) is 6.51. The van der Waals surface area contributed by atoms with Gasteiger partial charge in [-0.15, -0.1) is 0 Å². The van der Waals surface area contributed by atoms with Crippen LogP contribution in [0.3, 0.4) is 0 Å². The largest absolute Gasteiger partial charge is 0.368 e. The molecule has 1 fully saturated rings. The Morgan fingerprint density at radius 1 is 1.35 bits per heavy atom. The smallest absolute Gasteiger partial charge is 0.235 e. The summed E-state index contributed by atoms with van der Waals surface area (Å²) in [7, 11) is 1.78. The van der Waals surface area contributed by atoms with Gasteiger partial charge in [-0.05, 0) is 20.4 Å². The number of rotatable bonds is 6. The van der Waals surface area contributed by atoms with Crippen LogP contribution in [0.2, 0.25) is 0 Å². The molecule has 100 valence electrons. The van der Waals surface area contributed by atoms with E-state index in [2.05, 4.69) is 29.0 Å². The molecule has 0 radical (unpaired) electrons. The lowest BCUT2D eigenvalue weighted by Gasteiger charge is -2.38. The number of nitrogens with zero attached hydrogens (tertiary/aromatic N) is 2. The lowest BCUT2D eigenvalue weighted by Crippen LogP contribution is -2.54. The molecule has 5 nitrogen and oxygen atoms in total. The van der Waals surface area contributed by atoms with Gasteiger partial charge in [0.15, 0.2) is 0 Å². The van der Waals surface area contributed by atoms with Gasteiger partial charge in [-0.25, -0.2) is 0 Å². The summed E-state index contributed by atoms with van der Waals surface area (Å²) in [6.07, 6.45) is 1.19. The van der Waals surface area contributed by atoms with Crippen LogP contribution in [0.25, 0.3) is 0 Å². The number of piperazine rings is 1. The fourth-order valence-corrected chi connectivity index (χ4v) is 2.23. The van der Waals surface area contributed by atoms with Crippen LogP contribution in [0, 0.1) is 0 Å². The second kappa shape index (κ2) is 6.93. The molecule has 1 saturated heterocycles. The van der Waals surface area contributed by atoms with Crippen molar-refractivity contribution in [1.29, 1.82) is 0 Å². The summed E-state index contributed by atoms with van der Waals surface area (Å²) < 4.78 is 0. The maximum Gasteiger partial charge on any atom is 0.235 e. The average molecular weight is 242 g/mol. The number of carbonyl (C=O) groups excluding carboxylic acids is 1. The normalized spacial score (nSPS) is 22.3. The maximum atomic E-state index is 11.1. The lowest BCUT2D eigenvalue weighted by atomic mass is 10.1. The summed E-state index contributed by atoms with van der Waals surface area (Å²) in [6.45, 7) is 9.44. The third-order valence-corrected chi connectivity index (χ3v) is 3.75. The SMILES string of the molecule is CCC(C)N1CCN(CC(NC)C(N)=O)CC1. The first kappa shape index (κ1) is 14.4. The van der Waals surface area contributed by atoms with E-state index in [4.69, 9.17) is 5.73 Å². The van der Waals surface area contributed by atoms with Crippen LogP contribution in [0.5, 0.6) is 0 Å². The van der Waals surface area contributed by atoms with Gasteiger partial charge in [0, 0.05) is 38.8 Å². The summed E-state index contributed by atoms with van der Waals surface area (Å²) in [6, 6.07) is 0.429. The molecule has 0 aliphatic carbocycles. The fraction of sp³-hybridized carbons (Fsp3) is 0.917. The van der Waals surface area contributed by atoms with Gasteiger partial charge < -0.3 is 11.1 Å². The van der Waals surface area contributed by atoms with Crippen molar-refractivity contribution in [3.63, 3.8) is 0 Å². The van der Waals surface area contributed by atoms with Crippen LogP contribution < -0.4 is 11.1 Å². The van der Waals surface area contributed by atoms with E-state index in [0.29, 0.717) is 6.04 Å². The van der Waals surface area contributed by atoms with Gasteiger partial charge in [0.05, 0.1) is 6.04 Å². The van der Waals surface area contributed by atoms with Gasteiger partial charge >= 0.3 is 0 Å². The molecule has 0 bridgehead atoms. The number of nitrogens with two attached hydrogens (primary N) is 1. The van der Waals surface area contributed by atoms with Gasteiger partial charge in [-0.1, -0.05) is 6.92 Å². The van der Waals surface area contributed by atoms with E-state index in [0.717, 1.165) is 32.7 Å². The first-order valence-electron chi connectivity index (χ1n) is 6.51. The minimum absolute atomic E-state index is 0.231. The summed E-state index contributed by atoms with van der Waals surface area (Å²) in [5, 5.41) is 2.96. The molecule has 0 aromatic rings. The maximum absolute atomic E-state index is 11.1. The van der Waals surface area contributed by atoms with Crippen molar-refractivity contribution >= 4 is 5.91 Å². The first-order chi connectivity index (χ1) is 8.08. The molecule has 17 heavy (non-hydrogen) atoms. The van der Waals surface area contributed by atoms with Crippen LogP contribution in [0.4, 0.5) is 0 Å². The van der Waals surface area contributed by atoms with Gasteiger partial charge in [0.25, 0.3) is 0 Å². The van der Waals surface area contributed by atoms with Crippen molar-refractivity contribution in [1.82, 2.24) is 15.1 Å². The average Bonchev–Trinajstić information content (AvgIpc) is 2.35. The number of amides is 1. The minimum Gasteiger partial charge on any atom is -0.368 e. The zero-order chi connectivity index (χ0) is 12.8. The van der Waals surface area contributed by atoms with Crippen molar-refractivity contribution < 1.29 is 4.79 Å². The van der Waals surface area contributed by atoms with E-state index in [9.17, 15) is 4.79 Å². The molecule has 0 spiro atoms. The molecule has 0 saturated carbocycles. The number of primary amides is 1. The van der Waals surface area contributed by atoms with Crippen LogP contribution in [-0.2, 0) is 4.79 Å². The molecule has 0 aromatic heterocycles. The Bertz CT molecular complexity index is 239. The summed E-state index contributed by atoms with van der Waals surface area (Å²) in [5.74, 6) is -0.267. The Hall–Kier alpha value is -0.650. The Morgan fingerprint density at radius 3 is 2.35 bits per heavy atom. The molecule has 2 atom stereocenters. The summed E-state index contributed by atoms with van der Waals surface area (Å²) in [5.41, 5.74) is 5.32. The predicted molar refractivity (Wildman–Crippen MR) is 69.8 cm³/mol. The Labute approximate surface area is 104 Å². The summed E-state index contributed by atoms with van der Waals surface area (Å²) in [4.78, 5) is 16.0.